The van der Waals surface area contributed by atoms with E-state index in [4.69, 9.17) is 4.74 Å². The zero-order valence-corrected chi connectivity index (χ0v) is 13.3. The molecule has 0 unspecified atom stereocenters. The number of aliphatic hydroxyl groups is 1. The summed E-state index contributed by atoms with van der Waals surface area (Å²) in [4.78, 5) is 37.2. The van der Waals surface area contributed by atoms with Gasteiger partial charge in [0.15, 0.2) is 0 Å². The molecule has 0 aromatic carbocycles. The predicted octanol–water partition coefficient (Wildman–Crippen LogP) is -1.78. The Morgan fingerprint density at radius 1 is 1.57 bits per heavy atom. The number of aryl methyl sites for hydroxylation is 1. The summed E-state index contributed by atoms with van der Waals surface area (Å²) in [6, 6.07) is -0.353. The Morgan fingerprint density at radius 3 is 2.91 bits per heavy atom. The van der Waals surface area contributed by atoms with E-state index < -0.39 is 29.7 Å². The average Bonchev–Trinajstić information content (AvgIpc) is 2.88. The fraction of sp³-hybridized carbons (Fsp3) is 0.643. The van der Waals surface area contributed by atoms with Gasteiger partial charge in [0.2, 0.25) is 5.91 Å². The van der Waals surface area contributed by atoms with Gasteiger partial charge in [-0.2, -0.15) is 0 Å². The van der Waals surface area contributed by atoms with Gasteiger partial charge in [-0.25, -0.2) is 4.79 Å². The van der Waals surface area contributed by atoms with Gasteiger partial charge in [-0.15, -0.1) is 0 Å². The minimum Gasteiger partial charge on any atom is -0.390 e. The van der Waals surface area contributed by atoms with Crippen LogP contribution in [0.5, 0.6) is 0 Å². The van der Waals surface area contributed by atoms with Gasteiger partial charge >= 0.3 is 5.69 Å². The van der Waals surface area contributed by atoms with Crippen LogP contribution in [0.3, 0.4) is 0 Å². The van der Waals surface area contributed by atoms with Crippen LogP contribution in [0.1, 0.15) is 25.1 Å². The van der Waals surface area contributed by atoms with E-state index in [9.17, 15) is 19.5 Å². The highest BCUT2D eigenvalue weighted by atomic mass is 16.5. The number of aromatic nitrogens is 2. The van der Waals surface area contributed by atoms with E-state index in [2.05, 4.69) is 15.6 Å². The maximum atomic E-state index is 11.9. The topological polar surface area (TPSA) is 125 Å². The van der Waals surface area contributed by atoms with Crippen LogP contribution >= 0.6 is 0 Å². The molecule has 4 N–H and O–H groups in total. The van der Waals surface area contributed by atoms with Crippen molar-refractivity contribution in [3.63, 3.8) is 0 Å². The van der Waals surface area contributed by atoms with Crippen LogP contribution in [0.4, 0.5) is 0 Å². The summed E-state index contributed by atoms with van der Waals surface area (Å²) in [5.41, 5.74) is -0.664. The highest BCUT2D eigenvalue weighted by Gasteiger charge is 2.35. The minimum absolute atomic E-state index is 0.138. The number of amides is 1. The van der Waals surface area contributed by atoms with Crippen LogP contribution in [0.2, 0.25) is 0 Å². The van der Waals surface area contributed by atoms with Crippen LogP contribution in [0.25, 0.3) is 0 Å². The van der Waals surface area contributed by atoms with Crippen molar-refractivity contribution in [1.29, 1.82) is 0 Å². The number of hydrogen-bond donors (Lipinski definition) is 4. The number of carbonyl (C=O) groups excluding carboxylic acids is 1. The van der Waals surface area contributed by atoms with Crippen molar-refractivity contribution in [3.05, 3.63) is 32.6 Å². The first-order valence-electron chi connectivity index (χ1n) is 7.44. The zero-order chi connectivity index (χ0) is 17.1. The Bertz CT molecular complexity index is 682. The molecule has 0 radical (unpaired) electrons. The smallest absolute Gasteiger partial charge is 0.330 e. The van der Waals surface area contributed by atoms with Crippen LogP contribution in [-0.4, -0.2) is 52.4 Å². The maximum absolute atomic E-state index is 11.9. The molecule has 23 heavy (non-hydrogen) atoms. The van der Waals surface area contributed by atoms with Gasteiger partial charge in [0.1, 0.15) is 12.3 Å². The zero-order valence-electron chi connectivity index (χ0n) is 13.3. The van der Waals surface area contributed by atoms with E-state index in [1.165, 1.54) is 10.8 Å². The number of nitrogens with one attached hydrogen (secondary N) is 3. The van der Waals surface area contributed by atoms with Crippen molar-refractivity contribution >= 4 is 5.91 Å². The molecule has 9 nitrogen and oxygen atoms in total. The van der Waals surface area contributed by atoms with Gasteiger partial charge in [-0.3, -0.25) is 19.1 Å². The molecule has 1 fully saturated rings. The van der Waals surface area contributed by atoms with Crippen molar-refractivity contribution < 1.29 is 14.6 Å². The molecule has 4 atom stereocenters. The summed E-state index contributed by atoms with van der Waals surface area (Å²) in [6.45, 7) is 3.43. The molecule has 1 aromatic heterocycles. The standard InChI is InChI=1S/C14H22N4O5/c1-7-6-18(14(22)17-12(7)20)11-4-9(19)10(23-11)5-16-13(21)8(2)15-3/h6,8-11,15,19H,4-5H2,1-3H3,(H,16,21)(H,17,20,22)/t8-,9+,10-,11-/m1/s1. The Balaban J connectivity index is 2.04. The SMILES string of the molecule is CN[C@H](C)C(=O)NC[C@H]1O[C@@H](n2cc(C)c(=O)[nH]c2=O)C[C@@H]1O. The molecule has 1 aliphatic heterocycles. The molecule has 0 aliphatic carbocycles. The largest absolute Gasteiger partial charge is 0.390 e. The second kappa shape index (κ2) is 7.07. The number of hydrogen-bond acceptors (Lipinski definition) is 6. The second-order valence-corrected chi connectivity index (χ2v) is 5.67. The fourth-order valence-corrected chi connectivity index (χ4v) is 2.36. The van der Waals surface area contributed by atoms with Gasteiger partial charge in [0, 0.05) is 24.7 Å². The van der Waals surface area contributed by atoms with Gasteiger partial charge in [0.25, 0.3) is 5.56 Å². The normalized spacial score (nSPS) is 25.3. The maximum Gasteiger partial charge on any atom is 0.330 e. The first-order valence-corrected chi connectivity index (χ1v) is 7.44. The number of nitrogens with zero attached hydrogens (tertiary/aromatic N) is 1. The van der Waals surface area contributed by atoms with E-state index >= 15 is 0 Å². The number of ether oxygens (including phenoxy) is 1. The van der Waals surface area contributed by atoms with Crippen molar-refractivity contribution in [1.82, 2.24) is 20.2 Å². The van der Waals surface area contributed by atoms with Crippen molar-refractivity contribution in [2.75, 3.05) is 13.6 Å². The molecule has 0 bridgehead atoms. The molecule has 2 heterocycles. The molecule has 9 heteroatoms. The molecule has 1 aromatic rings. The van der Waals surface area contributed by atoms with Crippen molar-refractivity contribution in [2.24, 2.45) is 0 Å². The van der Waals surface area contributed by atoms with E-state index in [1.807, 2.05) is 0 Å². The number of H-pyrrole nitrogens is 1. The minimum atomic E-state index is -0.815. The Kier molecular flexibility index (Phi) is 5.34. The lowest BCUT2D eigenvalue weighted by Crippen LogP contribution is -2.45. The summed E-state index contributed by atoms with van der Waals surface area (Å²) in [7, 11) is 1.67. The number of aliphatic hydroxyl groups excluding tert-OH is 1. The lowest BCUT2D eigenvalue weighted by atomic mass is 10.1. The summed E-state index contributed by atoms with van der Waals surface area (Å²) < 4.78 is 6.90. The van der Waals surface area contributed by atoms with Gasteiger partial charge in [0.05, 0.1) is 12.1 Å². The molecule has 2 rings (SSSR count). The molecular weight excluding hydrogens is 304 g/mol. The van der Waals surface area contributed by atoms with Crippen LogP contribution in [-0.2, 0) is 9.53 Å². The molecular formula is C14H22N4O5. The summed E-state index contributed by atoms with van der Waals surface area (Å²) in [5, 5.41) is 15.6. The van der Waals surface area contributed by atoms with Gasteiger partial charge in [-0.05, 0) is 20.9 Å². The molecule has 1 aliphatic rings. The lowest BCUT2D eigenvalue weighted by molar-refractivity contribution is -0.123. The Hall–Kier alpha value is -1.97. The first kappa shape index (κ1) is 17.4. The predicted molar refractivity (Wildman–Crippen MR) is 82.1 cm³/mol. The molecule has 0 saturated carbocycles. The third-order valence-corrected chi connectivity index (χ3v) is 3.96. The monoisotopic (exact) mass is 326 g/mol. The number of aromatic amines is 1. The van der Waals surface area contributed by atoms with Gasteiger partial charge in [-0.1, -0.05) is 0 Å². The van der Waals surface area contributed by atoms with E-state index in [-0.39, 0.29) is 24.9 Å². The summed E-state index contributed by atoms with van der Waals surface area (Å²) >= 11 is 0. The van der Waals surface area contributed by atoms with Crippen LogP contribution in [0, 0.1) is 6.92 Å². The Labute approximate surface area is 132 Å². The van der Waals surface area contributed by atoms with Crippen molar-refractivity contribution in [2.45, 2.75) is 44.7 Å². The molecule has 128 valence electrons. The third kappa shape index (κ3) is 3.87. The van der Waals surface area contributed by atoms with E-state index in [0.717, 1.165) is 0 Å². The number of carbonyl (C=O) groups is 1. The van der Waals surface area contributed by atoms with E-state index in [1.54, 1.807) is 20.9 Å². The summed E-state index contributed by atoms with van der Waals surface area (Å²) in [5.74, 6) is -0.205. The van der Waals surface area contributed by atoms with Gasteiger partial charge < -0.3 is 20.5 Å². The summed E-state index contributed by atoms with van der Waals surface area (Å²) in [6.07, 6.45) is -0.510. The van der Waals surface area contributed by atoms with Crippen molar-refractivity contribution in [3.8, 4) is 0 Å². The highest BCUT2D eigenvalue weighted by Crippen LogP contribution is 2.27. The first-order chi connectivity index (χ1) is 10.8. The quantitative estimate of drug-likeness (QED) is 0.507. The van der Waals surface area contributed by atoms with E-state index in [0.29, 0.717) is 5.56 Å². The lowest BCUT2D eigenvalue weighted by Gasteiger charge is -2.18. The Morgan fingerprint density at radius 2 is 2.26 bits per heavy atom. The van der Waals surface area contributed by atoms with Crippen LogP contribution in [0.15, 0.2) is 15.8 Å². The van der Waals surface area contributed by atoms with Crippen LogP contribution < -0.4 is 21.9 Å². The second-order valence-electron chi connectivity index (χ2n) is 5.67. The molecule has 0 spiro atoms. The molecule has 1 saturated heterocycles. The number of likely N-dealkylation sites (N-methyl/N-ethyl adjacent to an activating group) is 1. The highest BCUT2D eigenvalue weighted by molar-refractivity contribution is 5.81. The molecule has 1 amide bonds. The average molecular weight is 326 g/mol. The third-order valence-electron chi connectivity index (χ3n) is 3.96. The fourth-order valence-electron chi connectivity index (χ4n) is 2.36. The number of rotatable bonds is 5.